The van der Waals surface area contributed by atoms with E-state index in [1.165, 1.54) is 0 Å². The molecule has 0 saturated carbocycles. The molecule has 2 aromatic heterocycles. The first-order valence-electron chi connectivity index (χ1n) is 12.4. The molecule has 2 aliphatic rings. The van der Waals surface area contributed by atoms with Gasteiger partial charge in [0.15, 0.2) is 11.6 Å². The summed E-state index contributed by atoms with van der Waals surface area (Å²) in [6.45, 7) is 10.4. The Balaban J connectivity index is 1.60. The standard InChI is InChI=1S/C24H36N8O/c1-4-7-9-19-23(33)32(16-18(5-2)6-3)20-21(29-19)27-17-28-22(20)30-12-14-31(15-13-30)24-25-10-8-11-26-24/h8,10-11,17-19H,4-7,9,12-16H2,1-3H3,(H,27,28,29)/t19-/m0/s1. The largest absolute Gasteiger partial charge is 0.356 e. The molecule has 9 nitrogen and oxygen atoms in total. The summed E-state index contributed by atoms with van der Waals surface area (Å²) < 4.78 is 0. The van der Waals surface area contributed by atoms with Crippen molar-refractivity contribution >= 4 is 29.2 Å². The smallest absolute Gasteiger partial charge is 0.249 e. The average Bonchev–Trinajstić information content (AvgIpc) is 2.87. The first-order chi connectivity index (χ1) is 16.2. The van der Waals surface area contributed by atoms with E-state index in [0.717, 1.165) is 81.6 Å². The minimum Gasteiger partial charge on any atom is -0.356 e. The molecule has 2 aromatic rings. The van der Waals surface area contributed by atoms with Crippen LogP contribution >= 0.6 is 0 Å². The lowest BCUT2D eigenvalue weighted by atomic mass is 9.99. The molecule has 178 valence electrons. The fourth-order valence-corrected chi connectivity index (χ4v) is 4.64. The van der Waals surface area contributed by atoms with E-state index in [4.69, 9.17) is 0 Å². The monoisotopic (exact) mass is 452 g/mol. The van der Waals surface area contributed by atoms with Crippen molar-refractivity contribution in [1.82, 2.24) is 19.9 Å². The predicted molar refractivity (Wildman–Crippen MR) is 132 cm³/mol. The number of hydrogen-bond acceptors (Lipinski definition) is 8. The van der Waals surface area contributed by atoms with Crippen molar-refractivity contribution in [3.63, 3.8) is 0 Å². The van der Waals surface area contributed by atoms with Crippen LogP contribution < -0.4 is 20.0 Å². The zero-order valence-electron chi connectivity index (χ0n) is 20.1. The van der Waals surface area contributed by atoms with Crippen LogP contribution in [-0.2, 0) is 4.79 Å². The number of anilines is 4. The summed E-state index contributed by atoms with van der Waals surface area (Å²) in [5.41, 5.74) is 0.839. The molecule has 4 rings (SSSR count). The van der Waals surface area contributed by atoms with Gasteiger partial charge in [0.05, 0.1) is 0 Å². The van der Waals surface area contributed by atoms with Gasteiger partial charge < -0.3 is 20.0 Å². The highest BCUT2D eigenvalue weighted by Crippen LogP contribution is 2.39. The lowest BCUT2D eigenvalue weighted by Gasteiger charge is -2.41. The number of hydrogen-bond donors (Lipinski definition) is 1. The Morgan fingerprint density at radius 3 is 2.36 bits per heavy atom. The topological polar surface area (TPSA) is 90.4 Å². The number of carbonyl (C=O) groups excluding carboxylic acids is 1. The van der Waals surface area contributed by atoms with Crippen molar-refractivity contribution in [1.29, 1.82) is 0 Å². The Hall–Kier alpha value is -2.97. The van der Waals surface area contributed by atoms with Crippen LogP contribution in [0, 0.1) is 5.92 Å². The quantitative estimate of drug-likeness (QED) is 0.619. The Bertz CT molecular complexity index is 912. The number of unbranched alkanes of at least 4 members (excludes halogenated alkanes) is 1. The highest BCUT2D eigenvalue weighted by atomic mass is 16.2. The number of fused-ring (bicyclic) bond motifs is 1. The van der Waals surface area contributed by atoms with E-state index in [9.17, 15) is 4.79 Å². The van der Waals surface area contributed by atoms with Gasteiger partial charge >= 0.3 is 0 Å². The second-order valence-corrected chi connectivity index (χ2v) is 8.89. The summed E-state index contributed by atoms with van der Waals surface area (Å²) in [7, 11) is 0. The van der Waals surface area contributed by atoms with Gasteiger partial charge in [-0.05, 0) is 18.4 Å². The van der Waals surface area contributed by atoms with Crippen LogP contribution in [0.2, 0.25) is 0 Å². The van der Waals surface area contributed by atoms with Gasteiger partial charge in [0.2, 0.25) is 11.9 Å². The first-order valence-corrected chi connectivity index (χ1v) is 12.4. The molecule has 0 radical (unpaired) electrons. The summed E-state index contributed by atoms with van der Waals surface area (Å²) in [5.74, 6) is 2.98. The Morgan fingerprint density at radius 2 is 1.70 bits per heavy atom. The highest BCUT2D eigenvalue weighted by Gasteiger charge is 2.37. The van der Waals surface area contributed by atoms with Gasteiger partial charge in [0.25, 0.3) is 0 Å². The summed E-state index contributed by atoms with van der Waals surface area (Å²) in [6, 6.07) is 1.61. The molecule has 0 unspecified atom stereocenters. The summed E-state index contributed by atoms with van der Waals surface area (Å²) >= 11 is 0. The molecule has 2 aliphatic heterocycles. The van der Waals surface area contributed by atoms with Gasteiger partial charge in [0, 0.05) is 45.1 Å². The Labute approximate surface area is 196 Å². The first kappa shape index (κ1) is 23.2. The molecule has 0 spiro atoms. The lowest BCUT2D eigenvalue weighted by molar-refractivity contribution is -0.119. The number of aromatic nitrogens is 4. The van der Waals surface area contributed by atoms with Gasteiger partial charge in [0.1, 0.15) is 18.1 Å². The molecule has 0 aliphatic carbocycles. The van der Waals surface area contributed by atoms with E-state index in [0.29, 0.717) is 12.5 Å². The second-order valence-electron chi connectivity index (χ2n) is 8.89. The number of carbonyl (C=O) groups is 1. The molecular formula is C24H36N8O. The zero-order chi connectivity index (χ0) is 23.2. The third-order valence-corrected chi connectivity index (χ3v) is 6.80. The second kappa shape index (κ2) is 10.8. The molecular weight excluding hydrogens is 416 g/mol. The van der Waals surface area contributed by atoms with E-state index in [1.54, 1.807) is 18.7 Å². The van der Waals surface area contributed by atoms with Crippen molar-refractivity contribution in [2.45, 2.75) is 58.9 Å². The maximum absolute atomic E-state index is 13.6. The third kappa shape index (κ3) is 5.02. The van der Waals surface area contributed by atoms with Crippen LogP contribution in [0.15, 0.2) is 24.8 Å². The van der Waals surface area contributed by atoms with E-state index >= 15 is 0 Å². The lowest BCUT2D eigenvalue weighted by Crippen LogP contribution is -2.51. The Kier molecular flexibility index (Phi) is 7.57. The molecule has 1 N–H and O–H groups in total. The van der Waals surface area contributed by atoms with Crippen LogP contribution in [0.25, 0.3) is 0 Å². The fraction of sp³-hybridized carbons (Fsp3) is 0.625. The maximum atomic E-state index is 13.6. The average molecular weight is 453 g/mol. The van der Waals surface area contributed by atoms with Crippen molar-refractivity contribution < 1.29 is 4.79 Å². The third-order valence-electron chi connectivity index (χ3n) is 6.80. The summed E-state index contributed by atoms with van der Waals surface area (Å²) in [6.07, 6.45) is 10.2. The molecule has 1 fully saturated rings. The van der Waals surface area contributed by atoms with E-state index in [-0.39, 0.29) is 11.9 Å². The van der Waals surface area contributed by atoms with Crippen LogP contribution in [0.4, 0.5) is 23.3 Å². The molecule has 4 heterocycles. The highest BCUT2D eigenvalue weighted by molar-refractivity contribution is 6.07. The van der Waals surface area contributed by atoms with Crippen molar-refractivity contribution in [3.05, 3.63) is 24.8 Å². The minimum atomic E-state index is -0.221. The summed E-state index contributed by atoms with van der Waals surface area (Å²) in [5, 5.41) is 3.44. The molecule has 1 saturated heterocycles. The molecule has 33 heavy (non-hydrogen) atoms. The fourth-order valence-electron chi connectivity index (χ4n) is 4.64. The van der Waals surface area contributed by atoms with Crippen LogP contribution in [-0.4, -0.2) is 64.6 Å². The number of nitrogens with one attached hydrogen (secondary N) is 1. The molecule has 1 atom stereocenters. The normalized spacial score (nSPS) is 18.5. The van der Waals surface area contributed by atoms with Gasteiger partial charge in [-0.2, -0.15) is 0 Å². The van der Waals surface area contributed by atoms with Crippen LogP contribution in [0.3, 0.4) is 0 Å². The molecule has 0 bridgehead atoms. The molecule has 1 amide bonds. The minimum absolute atomic E-state index is 0.148. The molecule has 0 aromatic carbocycles. The maximum Gasteiger partial charge on any atom is 0.249 e. The number of piperazine rings is 1. The Morgan fingerprint density at radius 1 is 1.00 bits per heavy atom. The summed E-state index contributed by atoms with van der Waals surface area (Å²) in [4.78, 5) is 38.0. The van der Waals surface area contributed by atoms with Gasteiger partial charge in [-0.15, -0.1) is 0 Å². The number of amides is 1. The van der Waals surface area contributed by atoms with E-state index in [1.807, 2.05) is 11.0 Å². The van der Waals surface area contributed by atoms with Crippen LogP contribution in [0.1, 0.15) is 52.9 Å². The van der Waals surface area contributed by atoms with Crippen LogP contribution in [0.5, 0.6) is 0 Å². The van der Waals surface area contributed by atoms with Crippen molar-refractivity contribution in [2.75, 3.05) is 52.7 Å². The van der Waals surface area contributed by atoms with Gasteiger partial charge in [-0.3, -0.25) is 4.79 Å². The van der Waals surface area contributed by atoms with E-state index in [2.05, 4.69) is 55.8 Å². The van der Waals surface area contributed by atoms with Gasteiger partial charge in [-0.1, -0.05) is 46.5 Å². The number of rotatable bonds is 9. The zero-order valence-corrected chi connectivity index (χ0v) is 20.1. The number of nitrogens with zero attached hydrogens (tertiary/aromatic N) is 7. The predicted octanol–water partition coefficient (Wildman–Crippen LogP) is 3.35. The molecule has 9 heteroatoms. The SMILES string of the molecule is CCCC[C@@H]1Nc2ncnc(N3CCN(c4ncccn4)CC3)c2N(CC(CC)CC)C1=O. The van der Waals surface area contributed by atoms with E-state index < -0.39 is 0 Å². The van der Waals surface area contributed by atoms with Crippen molar-refractivity contribution in [2.24, 2.45) is 5.92 Å². The van der Waals surface area contributed by atoms with Crippen molar-refractivity contribution in [3.8, 4) is 0 Å². The van der Waals surface area contributed by atoms with Gasteiger partial charge in [-0.25, -0.2) is 19.9 Å².